The fraction of sp³-hybridized carbons (Fsp3) is 0.533. The molecule has 2 aliphatic rings. The van der Waals surface area contributed by atoms with Crippen LogP contribution in [0.25, 0.3) is 0 Å². The van der Waals surface area contributed by atoms with E-state index in [-0.39, 0.29) is 27.9 Å². The third kappa shape index (κ3) is 2.30. The van der Waals surface area contributed by atoms with Crippen LogP contribution in [0, 0.1) is 11.7 Å². The summed E-state index contributed by atoms with van der Waals surface area (Å²) in [7, 11) is 0. The van der Waals surface area contributed by atoms with E-state index in [1.54, 1.807) is 6.07 Å². The highest BCUT2D eigenvalue weighted by atomic mass is 35.5. The molecule has 4 heteroatoms. The largest absolute Gasteiger partial charge is 0.375 e. The van der Waals surface area contributed by atoms with E-state index in [2.05, 4.69) is 0 Å². The fourth-order valence-corrected chi connectivity index (χ4v) is 3.26. The van der Waals surface area contributed by atoms with E-state index in [0.717, 1.165) is 25.7 Å². The lowest BCUT2D eigenvalue weighted by Gasteiger charge is -2.46. The van der Waals surface area contributed by atoms with Gasteiger partial charge in [0.15, 0.2) is 11.6 Å². The topological polar surface area (TPSA) is 26.3 Å². The Morgan fingerprint density at radius 2 is 2.21 bits per heavy atom. The van der Waals surface area contributed by atoms with Gasteiger partial charge in [0.2, 0.25) is 0 Å². The summed E-state index contributed by atoms with van der Waals surface area (Å²) in [6.45, 7) is 0.596. The van der Waals surface area contributed by atoms with Crippen molar-refractivity contribution in [3.05, 3.63) is 34.6 Å². The van der Waals surface area contributed by atoms with Crippen molar-refractivity contribution in [3.63, 3.8) is 0 Å². The molecule has 2 fully saturated rings. The lowest BCUT2D eigenvalue weighted by molar-refractivity contribution is -0.137. The van der Waals surface area contributed by atoms with E-state index in [9.17, 15) is 9.18 Å². The number of ether oxygens (including phenoxy) is 1. The molecule has 1 saturated carbocycles. The number of rotatable bonds is 2. The Bertz CT molecular complexity index is 511. The van der Waals surface area contributed by atoms with Gasteiger partial charge in [-0.3, -0.25) is 4.79 Å². The van der Waals surface area contributed by atoms with Crippen molar-refractivity contribution in [1.82, 2.24) is 0 Å². The summed E-state index contributed by atoms with van der Waals surface area (Å²) in [6.07, 6.45) is 4.60. The first kappa shape index (κ1) is 13.1. The van der Waals surface area contributed by atoms with Crippen molar-refractivity contribution in [2.75, 3.05) is 6.61 Å². The van der Waals surface area contributed by atoms with E-state index in [4.69, 9.17) is 16.3 Å². The summed E-state index contributed by atoms with van der Waals surface area (Å²) in [4.78, 5) is 12.4. The summed E-state index contributed by atoms with van der Waals surface area (Å²) in [5, 5.41) is 0.0104. The van der Waals surface area contributed by atoms with Gasteiger partial charge in [-0.15, -0.1) is 0 Å². The van der Waals surface area contributed by atoms with Gasteiger partial charge < -0.3 is 4.74 Å². The Morgan fingerprint density at radius 3 is 2.89 bits per heavy atom. The number of ketones is 1. The first-order chi connectivity index (χ1) is 9.11. The molecule has 19 heavy (non-hydrogen) atoms. The Morgan fingerprint density at radius 1 is 1.42 bits per heavy atom. The third-order valence-electron chi connectivity index (χ3n) is 4.35. The average molecular weight is 283 g/mol. The van der Waals surface area contributed by atoms with Crippen LogP contribution < -0.4 is 0 Å². The molecule has 1 aromatic rings. The Balaban J connectivity index is 1.81. The Hall–Kier alpha value is -0.930. The quantitative estimate of drug-likeness (QED) is 0.766. The zero-order chi connectivity index (χ0) is 13.5. The molecule has 1 atom stereocenters. The van der Waals surface area contributed by atoms with Gasteiger partial charge in [-0.25, -0.2) is 4.39 Å². The zero-order valence-electron chi connectivity index (χ0n) is 10.6. The summed E-state index contributed by atoms with van der Waals surface area (Å²) in [6, 6.07) is 4.61. The van der Waals surface area contributed by atoms with Crippen molar-refractivity contribution in [1.29, 1.82) is 0 Å². The van der Waals surface area contributed by atoms with Crippen LogP contribution in [0.5, 0.6) is 0 Å². The molecular formula is C15H16ClFO2. The summed E-state index contributed by atoms with van der Waals surface area (Å²) in [5.74, 6) is -0.861. The molecule has 0 N–H and O–H groups in total. The molecule has 1 unspecified atom stereocenters. The molecule has 2 nitrogen and oxygen atoms in total. The molecule has 0 aromatic heterocycles. The van der Waals surface area contributed by atoms with Crippen molar-refractivity contribution in [2.24, 2.45) is 5.92 Å². The van der Waals surface area contributed by atoms with Crippen molar-refractivity contribution in [2.45, 2.75) is 37.7 Å². The predicted molar refractivity (Wildman–Crippen MR) is 71.0 cm³/mol. The highest BCUT2D eigenvalue weighted by Gasteiger charge is 2.44. The van der Waals surface area contributed by atoms with Crippen LogP contribution in [0.15, 0.2) is 18.2 Å². The number of carbonyl (C=O) groups excluding carboxylic acids is 1. The molecule has 102 valence electrons. The molecular weight excluding hydrogens is 267 g/mol. The van der Waals surface area contributed by atoms with Crippen LogP contribution in [0.3, 0.4) is 0 Å². The molecule has 1 aliphatic heterocycles. The van der Waals surface area contributed by atoms with Crippen LogP contribution in [0.4, 0.5) is 4.39 Å². The van der Waals surface area contributed by atoms with Gasteiger partial charge in [0.1, 0.15) is 0 Å². The number of Topliss-reactive ketones (excluding diaryl/α,β-unsaturated/α-hetero) is 1. The molecule has 1 aliphatic carbocycles. The Kier molecular flexibility index (Phi) is 3.35. The molecule has 3 rings (SSSR count). The number of hydrogen-bond acceptors (Lipinski definition) is 2. The fourth-order valence-electron chi connectivity index (χ4n) is 3.09. The second-order valence-corrected chi connectivity index (χ2v) is 5.95. The van der Waals surface area contributed by atoms with Crippen molar-refractivity contribution in [3.8, 4) is 0 Å². The van der Waals surface area contributed by atoms with E-state index >= 15 is 0 Å². The number of hydrogen-bond donors (Lipinski definition) is 0. The number of halogens is 2. The van der Waals surface area contributed by atoms with Crippen LogP contribution >= 0.6 is 11.6 Å². The summed E-state index contributed by atoms with van der Waals surface area (Å²) < 4.78 is 19.7. The van der Waals surface area contributed by atoms with Crippen LogP contribution in [-0.4, -0.2) is 18.0 Å². The average Bonchev–Trinajstić information content (AvgIpc) is 2.39. The van der Waals surface area contributed by atoms with Crippen LogP contribution in [0.2, 0.25) is 5.02 Å². The SMILES string of the molecule is O=C(c1cccc(Cl)c1F)C1CCOC2(CCC2)C1. The number of carbonyl (C=O) groups is 1. The maximum Gasteiger partial charge on any atom is 0.169 e. The van der Waals surface area contributed by atoms with Crippen molar-refractivity contribution < 1.29 is 13.9 Å². The van der Waals surface area contributed by atoms with Crippen LogP contribution in [0.1, 0.15) is 42.5 Å². The summed E-state index contributed by atoms with van der Waals surface area (Å²) >= 11 is 5.74. The van der Waals surface area contributed by atoms with E-state index in [1.807, 2.05) is 0 Å². The first-order valence-corrected chi connectivity index (χ1v) is 7.11. The lowest BCUT2D eigenvalue weighted by atomic mass is 9.70. The number of benzene rings is 1. The smallest absolute Gasteiger partial charge is 0.169 e. The molecule has 1 saturated heterocycles. The third-order valence-corrected chi connectivity index (χ3v) is 4.64. The van der Waals surface area contributed by atoms with E-state index < -0.39 is 5.82 Å². The van der Waals surface area contributed by atoms with Gasteiger partial charge in [0.25, 0.3) is 0 Å². The molecule has 1 aromatic carbocycles. The predicted octanol–water partition coefficient (Wildman–Crippen LogP) is 4.01. The maximum atomic E-state index is 13.9. The minimum Gasteiger partial charge on any atom is -0.375 e. The standard InChI is InChI=1S/C15H16ClFO2/c16-12-4-1-3-11(13(12)17)14(18)10-5-8-19-15(9-10)6-2-7-15/h1,3-4,10H,2,5-9H2. The van der Waals surface area contributed by atoms with Gasteiger partial charge >= 0.3 is 0 Å². The zero-order valence-corrected chi connectivity index (χ0v) is 11.4. The first-order valence-electron chi connectivity index (χ1n) is 6.73. The second-order valence-electron chi connectivity index (χ2n) is 5.54. The minimum absolute atomic E-state index is 0.0104. The highest BCUT2D eigenvalue weighted by molar-refractivity contribution is 6.31. The second kappa shape index (κ2) is 4.88. The molecule has 0 amide bonds. The normalized spacial score (nSPS) is 25.1. The van der Waals surface area contributed by atoms with E-state index in [0.29, 0.717) is 13.0 Å². The van der Waals surface area contributed by atoms with Gasteiger partial charge in [-0.05, 0) is 44.2 Å². The molecule has 0 radical (unpaired) electrons. The lowest BCUT2D eigenvalue weighted by Crippen LogP contribution is -2.47. The van der Waals surface area contributed by atoms with Crippen LogP contribution in [-0.2, 0) is 4.74 Å². The van der Waals surface area contributed by atoms with Crippen molar-refractivity contribution >= 4 is 17.4 Å². The molecule has 1 heterocycles. The molecule has 1 spiro atoms. The summed E-state index contributed by atoms with van der Waals surface area (Å²) in [5.41, 5.74) is 0.0158. The van der Waals surface area contributed by atoms with Gasteiger partial charge in [-0.1, -0.05) is 17.7 Å². The molecule has 0 bridgehead atoms. The monoisotopic (exact) mass is 282 g/mol. The van der Waals surface area contributed by atoms with Gasteiger partial charge in [0.05, 0.1) is 16.2 Å². The highest BCUT2D eigenvalue weighted by Crippen LogP contribution is 2.45. The van der Waals surface area contributed by atoms with Gasteiger partial charge in [0, 0.05) is 12.5 Å². The van der Waals surface area contributed by atoms with Gasteiger partial charge in [-0.2, -0.15) is 0 Å². The minimum atomic E-state index is -0.594. The van der Waals surface area contributed by atoms with E-state index in [1.165, 1.54) is 12.1 Å². The maximum absolute atomic E-state index is 13.9. The Labute approximate surface area is 116 Å².